The monoisotopic (exact) mass is 272 g/mol. The SMILES string of the molecule is CCNC(CCn1ccnc1)(C(N)=O)c1ccccc1. The van der Waals surface area contributed by atoms with Gasteiger partial charge in [0.2, 0.25) is 5.91 Å². The molecule has 3 N–H and O–H groups in total. The summed E-state index contributed by atoms with van der Waals surface area (Å²) in [5, 5.41) is 3.27. The van der Waals surface area contributed by atoms with Gasteiger partial charge in [-0.3, -0.25) is 10.1 Å². The summed E-state index contributed by atoms with van der Waals surface area (Å²) < 4.78 is 1.94. The van der Waals surface area contributed by atoms with Crippen LogP contribution in [0.1, 0.15) is 18.9 Å². The highest BCUT2D eigenvalue weighted by Gasteiger charge is 2.37. The number of rotatable bonds is 7. The van der Waals surface area contributed by atoms with Crippen LogP contribution in [0.15, 0.2) is 49.1 Å². The van der Waals surface area contributed by atoms with Gasteiger partial charge in [0.05, 0.1) is 6.33 Å². The van der Waals surface area contributed by atoms with Gasteiger partial charge in [0.15, 0.2) is 0 Å². The summed E-state index contributed by atoms with van der Waals surface area (Å²) >= 11 is 0. The number of aromatic nitrogens is 2. The number of nitrogens with two attached hydrogens (primary N) is 1. The van der Waals surface area contributed by atoms with Crippen molar-refractivity contribution in [3.63, 3.8) is 0 Å². The fourth-order valence-corrected chi connectivity index (χ4v) is 2.43. The number of aryl methyl sites for hydroxylation is 1. The van der Waals surface area contributed by atoms with Gasteiger partial charge in [0, 0.05) is 18.9 Å². The van der Waals surface area contributed by atoms with E-state index in [-0.39, 0.29) is 5.91 Å². The second kappa shape index (κ2) is 6.34. The first-order valence-corrected chi connectivity index (χ1v) is 6.75. The van der Waals surface area contributed by atoms with Gasteiger partial charge in [-0.05, 0) is 18.5 Å². The molecule has 2 aromatic rings. The van der Waals surface area contributed by atoms with E-state index in [1.807, 2.05) is 48.0 Å². The van der Waals surface area contributed by atoms with E-state index < -0.39 is 5.54 Å². The molecule has 1 atom stereocenters. The lowest BCUT2D eigenvalue weighted by Crippen LogP contribution is -2.53. The first-order chi connectivity index (χ1) is 9.69. The van der Waals surface area contributed by atoms with E-state index in [1.54, 1.807) is 12.5 Å². The average Bonchev–Trinajstić information content (AvgIpc) is 2.97. The third-order valence-corrected chi connectivity index (χ3v) is 3.47. The molecular formula is C15H20N4O. The van der Waals surface area contributed by atoms with E-state index >= 15 is 0 Å². The van der Waals surface area contributed by atoms with Crippen LogP contribution in [0.5, 0.6) is 0 Å². The Kier molecular flexibility index (Phi) is 4.53. The van der Waals surface area contributed by atoms with Crippen LogP contribution in [-0.2, 0) is 16.9 Å². The summed E-state index contributed by atoms with van der Waals surface area (Å²) in [7, 11) is 0. The molecule has 0 aliphatic carbocycles. The van der Waals surface area contributed by atoms with Crippen molar-refractivity contribution in [3.05, 3.63) is 54.6 Å². The number of imidazole rings is 1. The molecule has 0 aliphatic rings. The summed E-state index contributed by atoms with van der Waals surface area (Å²) in [6.45, 7) is 3.31. The fraction of sp³-hybridized carbons (Fsp3) is 0.333. The van der Waals surface area contributed by atoms with Gasteiger partial charge in [-0.25, -0.2) is 4.98 Å². The molecule has 0 aliphatic heterocycles. The maximum atomic E-state index is 12.1. The second-order valence-corrected chi connectivity index (χ2v) is 4.72. The molecular weight excluding hydrogens is 252 g/mol. The molecule has 1 aromatic heterocycles. The summed E-state index contributed by atoms with van der Waals surface area (Å²) in [5.74, 6) is -0.356. The third-order valence-electron chi connectivity index (χ3n) is 3.47. The zero-order valence-electron chi connectivity index (χ0n) is 11.6. The fourth-order valence-electron chi connectivity index (χ4n) is 2.43. The number of nitrogens with one attached hydrogen (secondary N) is 1. The minimum Gasteiger partial charge on any atom is -0.368 e. The summed E-state index contributed by atoms with van der Waals surface area (Å²) in [6, 6.07) is 9.63. The van der Waals surface area contributed by atoms with Gasteiger partial charge >= 0.3 is 0 Å². The number of nitrogens with zero attached hydrogens (tertiary/aromatic N) is 2. The minimum atomic E-state index is -0.847. The molecule has 1 unspecified atom stereocenters. The molecule has 5 nitrogen and oxygen atoms in total. The van der Waals surface area contributed by atoms with E-state index in [2.05, 4.69) is 10.3 Å². The topological polar surface area (TPSA) is 72.9 Å². The molecule has 1 heterocycles. The van der Waals surface area contributed by atoms with Crippen LogP contribution in [0.2, 0.25) is 0 Å². The first kappa shape index (κ1) is 14.3. The molecule has 5 heteroatoms. The van der Waals surface area contributed by atoms with Crippen molar-refractivity contribution in [2.75, 3.05) is 6.54 Å². The highest BCUT2D eigenvalue weighted by molar-refractivity contribution is 5.86. The molecule has 1 amide bonds. The number of primary amides is 1. The number of hydrogen-bond acceptors (Lipinski definition) is 3. The lowest BCUT2D eigenvalue weighted by Gasteiger charge is -2.32. The van der Waals surface area contributed by atoms with Crippen LogP contribution >= 0.6 is 0 Å². The van der Waals surface area contributed by atoms with Crippen LogP contribution in [0, 0.1) is 0 Å². The van der Waals surface area contributed by atoms with Crippen LogP contribution < -0.4 is 11.1 Å². The van der Waals surface area contributed by atoms with Crippen molar-refractivity contribution in [1.82, 2.24) is 14.9 Å². The van der Waals surface area contributed by atoms with Crippen molar-refractivity contribution in [2.24, 2.45) is 5.73 Å². The lowest BCUT2D eigenvalue weighted by molar-refractivity contribution is -0.125. The van der Waals surface area contributed by atoms with E-state index in [0.29, 0.717) is 19.5 Å². The molecule has 2 rings (SSSR count). The number of carbonyl (C=O) groups is 1. The normalized spacial score (nSPS) is 13.8. The summed E-state index contributed by atoms with van der Waals surface area (Å²) in [6.07, 6.45) is 5.92. The first-order valence-electron chi connectivity index (χ1n) is 6.75. The minimum absolute atomic E-state index is 0.356. The van der Waals surface area contributed by atoms with Crippen molar-refractivity contribution < 1.29 is 4.79 Å². The predicted octanol–water partition coefficient (Wildman–Crippen LogP) is 1.26. The van der Waals surface area contributed by atoms with Gasteiger partial charge in [-0.15, -0.1) is 0 Å². The Morgan fingerprint density at radius 3 is 2.70 bits per heavy atom. The largest absolute Gasteiger partial charge is 0.368 e. The number of likely N-dealkylation sites (N-methyl/N-ethyl adjacent to an activating group) is 1. The highest BCUT2D eigenvalue weighted by atomic mass is 16.1. The quantitative estimate of drug-likeness (QED) is 0.797. The zero-order valence-corrected chi connectivity index (χ0v) is 11.6. The smallest absolute Gasteiger partial charge is 0.242 e. The van der Waals surface area contributed by atoms with Crippen LogP contribution in [0.25, 0.3) is 0 Å². The van der Waals surface area contributed by atoms with Crippen molar-refractivity contribution >= 4 is 5.91 Å². The van der Waals surface area contributed by atoms with Gasteiger partial charge in [-0.1, -0.05) is 37.3 Å². The third kappa shape index (κ3) is 2.88. The zero-order chi connectivity index (χ0) is 14.4. The summed E-state index contributed by atoms with van der Waals surface area (Å²) in [4.78, 5) is 16.1. The molecule has 0 saturated heterocycles. The van der Waals surface area contributed by atoms with Gasteiger partial charge < -0.3 is 10.3 Å². The van der Waals surface area contributed by atoms with Crippen LogP contribution in [0.4, 0.5) is 0 Å². The van der Waals surface area contributed by atoms with Gasteiger partial charge in [0.1, 0.15) is 5.54 Å². The Bertz CT molecular complexity index is 538. The van der Waals surface area contributed by atoms with E-state index in [0.717, 1.165) is 5.56 Å². The van der Waals surface area contributed by atoms with Gasteiger partial charge in [0.25, 0.3) is 0 Å². The van der Waals surface area contributed by atoms with Crippen LogP contribution in [-0.4, -0.2) is 22.0 Å². The maximum Gasteiger partial charge on any atom is 0.242 e. The Morgan fingerprint density at radius 1 is 1.40 bits per heavy atom. The lowest BCUT2D eigenvalue weighted by atomic mass is 9.85. The number of hydrogen-bond donors (Lipinski definition) is 2. The highest BCUT2D eigenvalue weighted by Crippen LogP contribution is 2.25. The average molecular weight is 272 g/mol. The number of amides is 1. The maximum absolute atomic E-state index is 12.1. The second-order valence-electron chi connectivity index (χ2n) is 4.72. The van der Waals surface area contributed by atoms with E-state index in [1.165, 1.54) is 0 Å². The Morgan fingerprint density at radius 2 is 2.15 bits per heavy atom. The molecule has 0 fully saturated rings. The summed E-state index contributed by atoms with van der Waals surface area (Å²) in [5.41, 5.74) is 5.75. The van der Waals surface area contributed by atoms with Crippen LogP contribution in [0.3, 0.4) is 0 Å². The predicted molar refractivity (Wildman–Crippen MR) is 77.8 cm³/mol. The Hall–Kier alpha value is -2.14. The van der Waals surface area contributed by atoms with E-state index in [9.17, 15) is 4.79 Å². The van der Waals surface area contributed by atoms with Crippen molar-refractivity contribution in [2.45, 2.75) is 25.4 Å². The Balaban J connectivity index is 2.29. The van der Waals surface area contributed by atoms with Gasteiger partial charge in [-0.2, -0.15) is 0 Å². The molecule has 1 aromatic carbocycles. The molecule has 0 radical (unpaired) electrons. The molecule has 0 bridgehead atoms. The number of benzene rings is 1. The standard InChI is InChI=1S/C15H20N4O/c1-2-18-15(14(16)20,13-6-4-3-5-7-13)8-10-19-11-9-17-12-19/h3-7,9,11-12,18H,2,8,10H2,1H3,(H2,16,20). The van der Waals surface area contributed by atoms with E-state index in [4.69, 9.17) is 5.73 Å². The molecule has 0 saturated carbocycles. The molecule has 0 spiro atoms. The molecule has 20 heavy (non-hydrogen) atoms. The molecule has 106 valence electrons. The van der Waals surface area contributed by atoms with Crippen molar-refractivity contribution in [1.29, 1.82) is 0 Å². The van der Waals surface area contributed by atoms with Crippen molar-refractivity contribution in [3.8, 4) is 0 Å². The number of carbonyl (C=O) groups excluding carboxylic acids is 1. The Labute approximate surface area is 118 Å².